The van der Waals surface area contributed by atoms with Crippen LogP contribution in [0.3, 0.4) is 0 Å². The molecule has 5 heteroatoms. The lowest BCUT2D eigenvalue weighted by Gasteiger charge is -2.38. The van der Waals surface area contributed by atoms with Crippen molar-refractivity contribution in [2.24, 2.45) is 0 Å². The minimum absolute atomic E-state index is 0.0340. The zero-order chi connectivity index (χ0) is 19.1. The van der Waals surface area contributed by atoms with Crippen LogP contribution >= 0.6 is 23.2 Å². The van der Waals surface area contributed by atoms with Gasteiger partial charge in [0.25, 0.3) is 0 Å². The Morgan fingerprint density at radius 2 is 1.78 bits per heavy atom. The second-order valence-electron chi connectivity index (χ2n) is 7.08. The van der Waals surface area contributed by atoms with E-state index in [1.165, 1.54) is 0 Å². The molecule has 1 unspecified atom stereocenters. The van der Waals surface area contributed by atoms with E-state index >= 15 is 0 Å². The van der Waals surface area contributed by atoms with Gasteiger partial charge in [0.05, 0.1) is 5.69 Å². The van der Waals surface area contributed by atoms with Gasteiger partial charge in [-0.2, -0.15) is 0 Å². The highest BCUT2D eigenvalue weighted by molar-refractivity contribution is 6.32. The van der Waals surface area contributed by atoms with Crippen molar-refractivity contribution >= 4 is 40.6 Å². The lowest BCUT2D eigenvalue weighted by molar-refractivity contribution is -0.119. The Balaban J connectivity index is 1.88. The van der Waals surface area contributed by atoms with E-state index in [0.29, 0.717) is 22.9 Å². The summed E-state index contributed by atoms with van der Waals surface area (Å²) in [5, 5.41) is 1.20. The van der Waals surface area contributed by atoms with E-state index in [1.807, 2.05) is 37.3 Å². The van der Waals surface area contributed by atoms with Crippen molar-refractivity contribution in [3.63, 3.8) is 0 Å². The van der Waals surface area contributed by atoms with Crippen LogP contribution in [0.25, 0.3) is 0 Å². The van der Waals surface area contributed by atoms with Gasteiger partial charge in [0.1, 0.15) is 0 Å². The third-order valence-electron chi connectivity index (χ3n) is 5.37. The summed E-state index contributed by atoms with van der Waals surface area (Å²) in [6.07, 6.45) is 2.17. The molecule has 1 atom stereocenters. The molecule has 0 spiro atoms. The number of aryl methyl sites for hydroxylation is 1. The predicted molar refractivity (Wildman–Crippen MR) is 108 cm³/mol. The number of benzene rings is 2. The number of carbonyl (C=O) groups is 2. The highest BCUT2D eigenvalue weighted by Gasteiger charge is 2.40. The maximum atomic E-state index is 13.1. The molecular formula is C22H19Cl2NO2. The largest absolute Gasteiger partial charge is 0.294 e. The summed E-state index contributed by atoms with van der Waals surface area (Å²) < 4.78 is 0. The van der Waals surface area contributed by atoms with E-state index in [9.17, 15) is 9.59 Å². The van der Waals surface area contributed by atoms with E-state index in [1.54, 1.807) is 17.0 Å². The molecule has 2 aromatic carbocycles. The van der Waals surface area contributed by atoms with Gasteiger partial charge in [0, 0.05) is 40.1 Å². The van der Waals surface area contributed by atoms with E-state index < -0.39 is 0 Å². The maximum Gasteiger partial charge on any atom is 0.232 e. The monoisotopic (exact) mass is 399 g/mol. The van der Waals surface area contributed by atoms with Crippen LogP contribution in [0.15, 0.2) is 53.7 Å². The lowest BCUT2D eigenvalue weighted by atomic mass is 9.77. The zero-order valence-electron chi connectivity index (χ0n) is 15.0. The smallest absolute Gasteiger partial charge is 0.232 e. The summed E-state index contributed by atoms with van der Waals surface area (Å²) in [4.78, 5) is 27.7. The minimum Gasteiger partial charge on any atom is -0.294 e. The Hall–Kier alpha value is -2.10. The van der Waals surface area contributed by atoms with Gasteiger partial charge in [-0.15, -0.1) is 0 Å². The van der Waals surface area contributed by atoms with Crippen molar-refractivity contribution in [2.45, 2.75) is 38.5 Å². The fourth-order valence-corrected chi connectivity index (χ4v) is 4.48. The summed E-state index contributed by atoms with van der Waals surface area (Å²) in [7, 11) is 0. The van der Waals surface area contributed by atoms with Crippen molar-refractivity contribution in [2.75, 3.05) is 4.90 Å². The molecule has 1 amide bonds. The highest BCUT2D eigenvalue weighted by atomic mass is 35.5. The Morgan fingerprint density at radius 3 is 2.52 bits per heavy atom. The fourth-order valence-electron chi connectivity index (χ4n) is 4.04. The summed E-state index contributed by atoms with van der Waals surface area (Å²) in [5.41, 5.74) is 4.04. The number of ketones is 1. The molecule has 2 aromatic rings. The van der Waals surface area contributed by atoms with E-state index in [-0.39, 0.29) is 24.0 Å². The zero-order valence-corrected chi connectivity index (χ0v) is 16.5. The first-order valence-electron chi connectivity index (χ1n) is 9.07. The molecule has 0 bridgehead atoms. The first kappa shape index (κ1) is 18.3. The summed E-state index contributed by atoms with van der Waals surface area (Å²) in [5.74, 6) is -0.212. The minimum atomic E-state index is -0.286. The molecule has 27 heavy (non-hydrogen) atoms. The van der Waals surface area contributed by atoms with Gasteiger partial charge >= 0.3 is 0 Å². The van der Waals surface area contributed by atoms with Crippen LogP contribution in [-0.2, 0) is 9.59 Å². The van der Waals surface area contributed by atoms with Gasteiger partial charge < -0.3 is 0 Å². The summed E-state index contributed by atoms with van der Waals surface area (Å²) >= 11 is 12.7. The van der Waals surface area contributed by atoms with E-state index in [2.05, 4.69) is 0 Å². The third-order valence-corrected chi connectivity index (χ3v) is 6.12. The molecule has 0 radical (unpaired) electrons. The Bertz CT molecular complexity index is 980. The second kappa shape index (κ2) is 7.14. The number of anilines is 1. The Labute approximate surface area is 168 Å². The second-order valence-corrected chi connectivity index (χ2v) is 7.89. The number of amides is 1. The summed E-state index contributed by atoms with van der Waals surface area (Å²) in [6, 6.07) is 13.1. The number of hydrogen-bond acceptors (Lipinski definition) is 2. The molecule has 0 aromatic heterocycles. The van der Waals surface area contributed by atoms with Gasteiger partial charge in [-0.1, -0.05) is 47.5 Å². The van der Waals surface area contributed by atoms with Crippen molar-refractivity contribution in [1.82, 2.24) is 0 Å². The van der Waals surface area contributed by atoms with E-state index in [4.69, 9.17) is 23.2 Å². The molecule has 0 N–H and O–H groups in total. The third kappa shape index (κ3) is 3.19. The topological polar surface area (TPSA) is 37.4 Å². The van der Waals surface area contributed by atoms with Crippen LogP contribution in [0.4, 0.5) is 5.69 Å². The number of carbonyl (C=O) groups excluding carboxylic acids is 2. The average molecular weight is 400 g/mol. The SMILES string of the molecule is Cc1ccc(N2C(=O)CC(c3ccccc3Cl)C3=C2CCCC3=O)cc1Cl. The normalized spacial score (nSPS) is 20.1. The number of Topliss-reactive ketones (excluding diaryl/α,β-unsaturated/α-hetero) is 1. The van der Waals surface area contributed by atoms with Crippen molar-refractivity contribution in [3.8, 4) is 0 Å². The average Bonchev–Trinajstić information content (AvgIpc) is 2.64. The molecular weight excluding hydrogens is 381 g/mol. The van der Waals surface area contributed by atoms with Crippen LogP contribution in [0.1, 0.15) is 42.7 Å². The van der Waals surface area contributed by atoms with Crippen molar-refractivity contribution in [3.05, 3.63) is 74.9 Å². The number of rotatable bonds is 2. The van der Waals surface area contributed by atoms with Crippen LogP contribution in [-0.4, -0.2) is 11.7 Å². The molecule has 2 aliphatic rings. The number of hydrogen-bond donors (Lipinski definition) is 0. The van der Waals surface area contributed by atoms with Crippen LogP contribution in [0.2, 0.25) is 10.0 Å². The predicted octanol–water partition coefficient (Wildman–Crippen LogP) is 5.83. The van der Waals surface area contributed by atoms with Gasteiger partial charge in [-0.3, -0.25) is 14.5 Å². The lowest BCUT2D eigenvalue weighted by Crippen LogP contribution is -2.40. The molecule has 0 saturated carbocycles. The molecule has 0 saturated heterocycles. The molecule has 1 aliphatic carbocycles. The first-order chi connectivity index (χ1) is 13.0. The van der Waals surface area contributed by atoms with Crippen LogP contribution < -0.4 is 4.90 Å². The molecule has 3 nitrogen and oxygen atoms in total. The number of nitrogens with zero attached hydrogens (tertiary/aromatic N) is 1. The first-order valence-corrected chi connectivity index (χ1v) is 9.82. The standard InChI is InChI=1S/C22H19Cl2NO2/c1-13-9-10-14(11-18(13)24)25-19-7-4-8-20(26)22(19)16(12-21(25)27)15-5-2-3-6-17(15)23/h2-3,5-6,9-11,16H,4,7-8,12H2,1H3. The molecule has 138 valence electrons. The molecule has 4 rings (SSSR count). The van der Waals surface area contributed by atoms with Crippen LogP contribution in [0.5, 0.6) is 0 Å². The number of halogens is 2. The van der Waals surface area contributed by atoms with E-state index in [0.717, 1.165) is 34.5 Å². The molecule has 1 heterocycles. The Kier molecular flexibility index (Phi) is 4.83. The Morgan fingerprint density at radius 1 is 1.00 bits per heavy atom. The van der Waals surface area contributed by atoms with Crippen LogP contribution in [0, 0.1) is 6.92 Å². The van der Waals surface area contributed by atoms with Gasteiger partial charge in [-0.25, -0.2) is 0 Å². The summed E-state index contributed by atoms with van der Waals surface area (Å²) in [6.45, 7) is 1.92. The number of allylic oxidation sites excluding steroid dienone is 2. The fraction of sp³-hybridized carbons (Fsp3) is 0.273. The van der Waals surface area contributed by atoms with Gasteiger partial charge in [-0.05, 0) is 49.1 Å². The molecule has 1 aliphatic heterocycles. The van der Waals surface area contributed by atoms with Gasteiger partial charge in [0.2, 0.25) is 5.91 Å². The quantitative estimate of drug-likeness (QED) is 0.636. The van der Waals surface area contributed by atoms with Crippen molar-refractivity contribution < 1.29 is 9.59 Å². The van der Waals surface area contributed by atoms with Crippen molar-refractivity contribution in [1.29, 1.82) is 0 Å². The van der Waals surface area contributed by atoms with Gasteiger partial charge in [0.15, 0.2) is 5.78 Å². The highest BCUT2D eigenvalue weighted by Crippen LogP contribution is 2.45. The maximum absolute atomic E-state index is 13.1. The molecule has 0 fully saturated rings.